The minimum Gasteiger partial charge on any atom is -0.354 e. The molecule has 0 radical (unpaired) electrons. The van der Waals surface area contributed by atoms with Gasteiger partial charge in [0.15, 0.2) is 0 Å². The van der Waals surface area contributed by atoms with E-state index in [1.807, 2.05) is 0 Å². The number of fused-ring (bicyclic) bond motifs is 10. The highest BCUT2D eigenvalue weighted by molar-refractivity contribution is 6.18. The Hall–Kier alpha value is -3.58. The van der Waals surface area contributed by atoms with E-state index in [1.165, 1.54) is 65.6 Å². The second kappa shape index (κ2) is 5.02. The molecule has 0 amide bonds. The van der Waals surface area contributed by atoms with Crippen LogP contribution >= 0.6 is 0 Å². The van der Waals surface area contributed by atoms with Gasteiger partial charge in [0.05, 0.1) is 5.52 Å². The zero-order valence-corrected chi connectivity index (χ0v) is 15.3. The Balaban J connectivity index is 1.55. The maximum atomic E-state index is 3.72. The molecular formula is C27H17N. The summed E-state index contributed by atoms with van der Waals surface area (Å²) in [5.41, 5.74) is 8.15. The van der Waals surface area contributed by atoms with Gasteiger partial charge in [-0.3, -0.25) is 0 Å². The first kappa shape index (κ1) is 14.5. The van der Waals surface area contributed by atoms with Crippen molar-refractivity contribution in [2.45, 2.75) is 6.42 Å². The van der Waals surface area contributed by atoms with Gasteiger partial charge in [-0.25, -0.2) is 0 Å². The van der Waals surface area contributed by atoms with Gasteiger partial charge in [-0.1, -0.05) is 72.8 Å². The second-order valence-corrected chi connectivity index (χ2v) is 7.88. The Morgan fingerprint density at radius 3 is 2.21 bits per heavy atom. The van der Waals surface area contributed by atoms with Gasteiger partial charge in [0.25, 0.3) is 0 Å². The van der Waals surface area contributed by atoms with Crippen LogP contribution in [0.25, 0.3) is 54.5 Å². The van der Waals surface area contributed by atoms with Gasteiger partial charge >= 0.3 is 0 Å². The van der Waals surface area contributed by atoms with Crippen LogP contribution in [-0.4, -0.2) is 4.98 Å². The Bertz CT molecular complexity index is 1580. The van der Waals surface area contributed by atoms with E-state index < -0.39 is 0 Å². The van der Waals surface area contributed by atoms with Gasteiger partial charge in [0.1, 0.15) is 0 Å². The molecule has 28 heavy (non-hydrogen) atoms. The maximum Gasteiger partial charge on any atom is 0.0544 e. The minimum atomic E-state index is 1.02. The van der Waals surface area contributed by atoms with Crippen LogP contribution in [0.2, 0.25) is 0 Å². The molecule has 7 rings (SSSR count). The lowest BCUT2D eigenvalue weighted by Crippen LogP contribution is -1.83. The van der Waals surface area contributed by atoms with E-state index in [0.29, 0.717) is 0 Å². The first-order valence-corrected chi connectivity index (χ1v) is 9.84. The maximum absolute atomic E-state index is 3.72. The molecule has 0 spiro atoms. The number of aromatic amines is 1. The first-order chi connectivity index (χ1) is 13.9. The molecule has 0 saturated heterocycles. The van der Waals surface area contributed by atoms with Crippen molar-refractivity contribution >= 4 is 43.4 Å². The number of benzene rings is 5. The monoisotopic (exact) mass is 355 g/mol. The fourth-order valence-electron chi connectivity index (χ4n) is 5.10. The van der Waals surface area contributed by atoms with Crippen LogP contribution in [0, 0.1) is 0 Å². The van der Waals surface area contributed by atoms with E-state index in [2.05, 4.69) is 89.9 Å². The third-order valence-corrected chi connectivity index (χ3v) is 6.42. The molecule has 0 aliphatic heterocycles. The van der Waals surface area contributed by atoms with Crippen LogP contribution in [0.4, 0.5) is 0 Å². The zero-order valence-electron chi connectivity index (χ0n) is 15.3. The standard InChI is InChI=1S/C27H17N/c1-3-7-19-16(5-1)9-11-21-23-15-26-25(14-18(23)13-24(19)21)22-12-10-17-6-2-4-8-20(17)27(22)28-26/h1-12,14-15,28H,13H2. The highest BCUT2D eigenvalue weighted by atomic mass is 14.7. The van der Waals surface area contributed by atoms with Crippen LogP contribution < -0.4 is 0 Å². The molecule has 0 bridgehead atoms. The summed E-state index contributed by atoms with van der Waals surface area (Å²) in [5, 5.41) is 7.94. The van der Waals surface area contributed by atoms with Gasteiger partial charge < -0.3 is 4.98 Å². The molecular weight excluding hydrogens is 338 g/mol. The summed E-state index contributed by atoms with van der Waals surface area (Å²) in [6.07, 6.45) is 1.02. The number of rotatable bonds is 0. The highest BCUT2D eigenvalue weighted by Gasteiger charge is 2.22. The predicted molar refractivity (Wildman–Crippen MR) is 119 cm³/mol. The van der Waals surface area contributed by atoms with Crippen LogP contribution in [0.3, 0.4) is 0 Å². The highest BCUT2D eigenvalue weighted by Crippen LogP contribution is 2.43. The van der Waals surface area contributed by atoms with E-state index in [1.54, 1.807) is 0 Å². The van der Waals surface area contributed by atoms with Crippen LogP contribution in [-0.2, 0) is 6.42 Å². The third kappa shape index (κ3) is 1.76. The van der Waals surface area contributed by atoms with Crippen molar-refractivity contribution in [3.05, 3.63) is 96.1 Å². The van der Waals surface area contributed by atoms with Crippen molar-refractivity contribution in [3.8, 4) is 11.1 Å². The number of nitrogens with one attached hydrogen (secondary N) is 1. The molecule has 1 aliphatic carbocycles. The summed E-state index contributed by atoms with van der Waals surface area (Å²) >= 11 is 0. The lowest BCUT2D eigenvalue weighted by atomic mass is 9.99. The van der Waals surface area contributed by atoms with Gasteiger partial charge in [0, 0.05) is 21.7 Å². The number of H-pyrrole nitrogens is 1. The van der Waals surface area contributed by atoms with Gasteiger partial charge in [-0.15, -0.1) is 0 Å². The Morgan fingerprint density at radius 1 is 0.571 bits per heavy atom. The van der Waals surface area contributed by atoms with Crippen molar-refractivity contribution in [2.75, 3.05) is 0 Å². The quantitative estimate of drug-likeness (QED) is 0.296. The second-order valence-electron chi connectivity index (χ2n) is 7.88. The summed E-state index contributed by atoms with van der Waals surface area (Å²) < 4.78 is 0. The molecule has 1 aromatic heterocycles. The fourth-order valence-corrected chi connectivity index (χ4v) is 5.10. The average molecular weight is 355 g/mol. The summed E-state index contributed by atoms with van der Waals surface area (Å²) in [6, 6.07) is 31.2. The SMILES string of the molecule is c1ccc2c3c(ccc2c1)-c1cc2[nH]c4c5ccccc5ccc4c2cc1C3. The smallest absolute Gasteiger partial charge is 0.0544 e. The number of aromatic nitrogens is 1. The van der Waals surface area contributed by atoms with Crippen LogP contribution in [0.15, 0.2) is 84.9 Å². The molecule has 1 heteroatoms. The number of hydrogen-bond donors (Lipinski definition) is 1. The molecule has 6 aromatic rings. The molecule has 1 aliphatic rings. The third-order valence-electron chi connectivity index (χ3n) is 6.42. The summed E-state index contributed by atoms with van der Waals surface area (Å²) in [6.45, 7) is 0. The largest absolute Gasteiger partial charge is 0.354 e. The van der Waals surface area contributed by atoms with Crippen LogP contribution in [0.1, 0.15) is 11.1 Å². The summed E-state index contributed by atoms with van der Waals surface area (Å²) in [7, 11) is 0. The lowest BCUT2D eigenvalue weighted by molar-refractivity contribution is 1.29. The molecule has 0 unspecified atom stereocenters. The van der Waals surface area contributed by atoms with Gasteiger partial charge in [-0.2, -0.15) is 0 Å². The average Bonchev–Trinajstić information content (AvgIpc) is 3.30. The minimum absolute atomic E-state index is 1.02. The number of hydrogen-bond acceptors (Lipinski definition) is 0. The Labute approximate surface area is 162 Å². The first-order valence-electron chi connectivity index (χ1n) is 9.84. The van der Waals surface area contributed by atoms with Crippen LogP contribution in [0.5, 0.6) is 0 Å². The molecule has 130 valence electrons. The molecule has 0 fully saturated rings. The summed E-state index contributed by atoms with van der Waals surface area (Å²) in [4.78, 5) is 3.72. The summed E-state index contributed by atoms with van der Waals surface area (Å²) in [5.74, 6) is 0. The fraction of sp³-hybridized carbons (Fsp3) is 0.0370. The van der Waals surface area contributed by atoms with E-state index in [4.69, 9.17) is 0 Å². The van der Waals surface area contributed by atoms with Crippen molar-refractivity contribution in [1.82, 2.24) is 4.98 Å². The molecule has 1 nitrogen and oxygen atoms in total. The van der Waals surface area contributed by atoms with Crippen molar-refractivity contribution in [3.63, 3.8) is 0 Å². The van der Waals surface area contributed by atoms with Crippen molar-refractivity contribution in [1.29, 1.82) is 0 Å². The van der Waals surface area contributed by atoms with E-state index >= 15 is 0 Å². The lowest BCUT2D eigenvalue weighted by Gasteiger charge is -2.05. The van der Waals surface area contributed by atoms with Crippen molar-refractivity contribution < 1.29 is 0 Å². The predicted octanol–water partition coefficient (Wildman–Crippen LogP) is 7.20. The van der Waals surface area contributed by atoms with Gasteiger partial charge in [-0.05, 0) is 57.0 Å². The van der Waals surface area contributed by atoms with E-state index in [-0.39, 0.29) is 0 Å². The zero-order chi connectivity index (χ0) is 18.2. The molecule has 1 heterocycles. The molecule has 1 N–H and O–H groups in total. The van der Waals surface area contributed by atoms with Crippen molar-refractivity contribution in [2.24, 2.45) is 0 Å². The Kier molecular flexibility index (Phi) is 2.60. The van der Waals surface area contributed by atoms with E-state index in [0.717, 1.165) is 6.42 Å². The molecule has 0 atom stereocenters. The van der Waals surface area contributed by atoms with Gasteiger partial charge in [0.2, 0.25) is 0 Å². The topological polar surface area (TPSA) is 15.8 Å². The Morgan fingerprint density at radius 2 is 1.32 bits per heavy atom. The van der Waals surface area contributed by atoms with E-state index in [9.17, 15) is 0 Å². The normalized spacial score (nSPS) is 12.9. The molecule has 0 saturated carbocycles. The molecule has 5 aromatic carbocycles.